The Kier molecular flexibility index (Phi) is 5.75. The van der Waals surface area contributed by atoms with Gasteiger partial charge in [-0.05, 0) is 12.3 Å². The molecule has 0 saturated heterocycles. The topological polar surface area (TPSA) is 62.2 Å². The fourth-order valence-electron chi connectivity index (χ4n) is 1.41. The molecule has 0 fully saturated rings. The number of aliphatic hydroxyl groups is 1. The van der Waals surface area contributed by atoms with Crippen molar-refractivity contribution in [3.63, 3.8) is 0 Å². The highest BCUT2D eigenvalue weighted by Gasteiger charge is 2.13. The maximum atomic E-state index is 11.8. The van der Waals surface area contributed by atoms with E-state index in [-0.39, 0.29) is 17.9 Å². The molecule has 0 bridgehead atoms. The van der Waals surface area contributed by atoms with Crippen molar-refractivity contribution in [2.75, 3.05) is 6.54 Å². The van der Waals surface area contributed by atoms with Gasteiger partial charge in [-0.2, -0.15) is 0 Å². The van der Waals surface area contributed by atoms with Crippen molar-refractivity contribution in [1.82, 2.24) is 10.3 Å². The summed E-state index contributed by atoms with van der Waals surface area (Å²) in [6, 6.07) is 0. The molecule has 0 aromatic carbocycles. The minimum atomic E-state index is -0.363. The van der Waals surface area contributed by atoms with Crippen LogP contribution in [0.4, 0.5) is 0 Å². The number of carbonyl (C=O) groups excluding carboxylic acids is 1. The molecular weight excluding hydrogens is 248 g/mol. The number of hydrogen-bond donors (Lipinski definition) is 2. The number of hydrogen-bond acceptors (Lipinski definition) is 4. The lowest BCUT2D eigenvalue weighted by Crippen LogP contribution is -2.28. The van der Waals surface area contributed by atoms with Gasteiger partial charge in [0.05, 0.1) is 17.3 Å². The molecule has 1 amide bonds. The lowest BCUT2D eigenvalue weighted by Gasteiger charge is -2.14. The number of carbonyl (C=O) groups is 1. The summed E-state index contributed by atoms with van der Waals surface area (Å²) in [7, 11) is 0. The monoisotopic (exact) mass is 270 g/mol. The largest absolute Gasteiger partial charge is 0.393 e. The molecule has 4 nitrogen and oxygen atoms in total. The molecule has 0 aliphatic rings. The van der Waals surface area contributed by atoms with Crippen LogP contribution < -0.4 is 5.32 Å². The lowest BCUT2D eigenvalue weighted by molar-refractivity contribution is 0.0923. The summed E-state index contributed by atoms with van der Waals surface area (Å²) in [5.74, 6) is 0.465. The maximum absolute atomic E-state index is 11.8. The molecule has 1 aromatic rings. The first-order valence-electron chi connectivity index (χ1n) is 6.33. The second-order valence-corrected chi connectivity index (χ2v) is 6.14. The van der Waals surface area contributed by atoms with Gasteiger partial charge in [0.15, 0.2) is 0 Å². The predicted molar refractivity (Wildman–Crippen MR) is 74.0 cm³/mol. The first kappa shape index (κ1) is 15.1. The third-order valence-electron chi connectivity index (χ3n) is 2.74. The van der Waals surface area contributed by atoms with Crippen LogP contribution in [0.15, 0.2) is 6.20 Å². The lowest BCUT2D eigenvalue weighted by atomic mass is 10.0. The second kappa shape index (κ2) is 6.85. The van der Waals surface area contributed by atoms with Crippen LogP contribution in [0, 0.1) is 5.92 Å². The molecule has 1 atom stereocenters. The van der Waals surface area contributed by atoms with E-state index in [1.54, 1.807) is 6.20 Å². The average molecular weight is 270 g/mol. The zero-order valence-electron chi connectivity index (χ0n) is 11.4. The van der Waals surface area contributed by atoms with Crippen LogP contribution in [0.5, 0.6) is 0 Å². The van der Waals surface area contributed by atoms with E-state index in [9.17, 15) is 9.90 Å². The summed E-state index contributed by atoms with van der Waals surface area (Å²) >= 11 is 1.43. The number of aliphatic hydroxyl groups excluding tert-OH is 1. The molecule has 2 N–H and O–H groups in total. The average Bonchev–Trinajstić information content (AvgIpc) is 2.77. The molecule has 1 unspecified atom stereocenters. The molecule has 18 heavy (non-hydrogen) atoms. The predicted octanol–water partition coefficient (Wildman–Crippen LogP) is 2.40. The molecule has 1 rings (SSSR count). The van der Waals surface area contributed by atoms with Crippen LogP contribution >= 0.6 is 11.3 Å². The third-order valence-corrected chi connectivity index (χ3v) is 4.03. The van der Waals surface area contributed by atoms with Crippen molar-refractivity contribution in [3.05, 3.63) is 16.1 Å². The van der Waals surface area contributed by atoms with Crippen LogP contribution in [0.1, 0.15) is 54.7 Å². The van der Waals surface area contributed by atoms with Crippen molar-refractivity contribution in [1.29, 1.82) is 0 Å². The molecule has 0 saturated carbocycles. The number of nitrogens with zero attached hydrogens (tertiary/aromatic N) is 1. The zero-order chi connectivity index (χ0) is 13.7. The summed E-state index contributed by atoms with van der Waals surface area (Å²) in [5.41, 5.74) is 0. The summed E-state index contributed by atoms with van der Waals surface area (Å²) in [4.78, 5) is 16.7. The normalized spacial score (nSPS) is 13.1. The smallest absolute Gasteiger partial charge is 0.263 e. The van der Waals surface area contributed by atoms with Crippen LogP contribution in [-0.4, -0.2) is 28.6 Å². The highest BCUT2D eigenvalue weighted by atomic mass is 32.1. The van der Waals surface area contributed by atoms with Gasteiger partial charge in [-0.1, -0.05) is 27.7 Å². The van der Waals surface area contributed by atoms with Crippen molar-refractivity contribution in [3.8, 4) is 0 Å². The van der Waals surface area contributed by atoms with E-state index in [0.29, 0.717) is 23.8 Å². The van der Waals surface area contributed by atoms with Crippen LogP contribution in [0.3, 0.4) is 0 Å². The van der Waals surface area contributed by atoms with E-state index >= 15 is 0 Å². The van der Waals surface area contributed by atoms with E-state index in [2.05, 4.69) is 24.1 Å². The van der Waals surface area contributed by atoms with E-state index in [0.717, 1.165) is 5.01 Å². The van der Waals surface area contributed by atoms with Gasteiger partial charge in [0.2, 0.25) is 0 Å². The second-order valence-electron chi connectivity index (χ2n) is 5.07. The molecule has 1 heterocycles. The Morgan fingerprint density at radius 2 is 2.11 bits per heavy atom. The fourth-order valence-corrected chi connectivity index (χ4v) is 2.25. The Bertz CT molecular complexity index is 388. The highest BCUT2D eigenvalue weighted by Crippen LogP contribution is 2.20. The van der Waals surface area contributed by atoms with Gasteiger partial charge in [-0.15, -0.1) is 11.3 Å². The molecule has 0 aliphatic carbocycles. The standard InChI is InChI=1S/C13H22N2O2S/c1-8(2)10(16)5-6-14-12(17)11-7-15-13(18-11)9(3)4/h7-10,16H,5-6H2,1-4H3,(H,14,17). The summed E-state index contributed by atoms with van der Waals surface area (Å²) in [6.07, 6.45) is 1.84. The first-order valence-corrected chi connectivity index (χ1v) is 7.15. The van der Waals surface area contributed by atoms with Gasteiger partial charge < -0.3 is 10.4 Å². The zero-order valence-corrected chi connectivity index (χ0v) is 12.3. The summed E-state index contributed by atoms with van der Waals surface area (Å²) < 4.78 is 0. The first-order chi connectivity index (χ1) is 8.41. The molecule has 0 radical (unpaired) electrons. The quantitative estimate of drug-likeness (QED) is 0.834. The van der Waals surface area contributed by atoms with Crippen molar-refractivity contribution < 1.29 is 9.90 Å². The van der Waals surface area contributed by atoms with Gasteiger partial charge in [0.1, 0.15) is 4.88 Å². The highest BCUT2D eigenvalue weighted by molar-refractivity contribution is 7.13. The van der Waals surface area contributed by atoms with Gasteiger partial charge in [0.25, 0.3) is 5.91 Å². The Hall–Kier alpha value is -0.940. The number of aromatic nitrogens is 1. The Balaban J connectivity index is 2.41. The maximum Gasteiger partial charge on any atom is 0.263 e. The molecule has 102 valence electrons. The van der Waals surface area contributed by atoms with E-state index in [1.165, 1.54) is 11.3 Å². The molecular formula is C13H22N2O2S. The van der Waals surface area contributed by atoms with Crippen molar-refractivity contribution in [2.45, 2.75) is 46.1 Å². The van der Waals surface area contributed by atoms with Crippen LogP contribution in [0.25, 0.3) is 0 Å². The van der Waals surface area contributed by atoms with E-state index < -0.39 is 0 Å². The Labute approximate surface area is 112 Å². The molecule has 5 heteroatoms. The summed E-state index contributed by atoms with van der Waals surface area (Å²) in [5, 5.41) is 13.4. The number of nitrogens with one attached hydrogen (secondary N) is 1. The van der Waals surface area contributed by atoms with Crippen LogP contribution in [-0.2, 0) is 0 Å². The van der Waals surface area contributed by atoms with Gasteiger partial charge in [-0.25, -0.2) is 4.98 Å². The third kappa shape index (κ3) is 4.38. The number of rotatable bonds is 6. The minimum absolute atomic E-state index is 0.102. The van der Waals surface area contributed by atoms with Gasteiger partial charge >= 0.3 is 0 Å². The van der Waals surface area contributed by atoms with Gasteiger partial charge in [-0.3, -0.25) is 4.79 Å². The van der Waals surface area contributed by atoms with E-state index in [4.69, 9.17) is 0 Å². The Morgan fingerprint density at radius 3 is 2.61 bits per heavy atom. The molecule has 0 spiro atoms. The van der Waals surface area contributed by atoms with Crippen molar-refractivity contribution >= 4 is 17.2 Å². The number of amides is 1. The Morgan fingerprint density at radius 1 is 1.44 bits per heavy atom. The van der Waals surface area contributed by atoms with Crippen LogP contribution in [0.2, 0.25) is 0 Å². The van der Waals surface area contributed by atoms with Crippen molar-refractivity contribution in [2.24, 2.45) is 5.92 Å². The fraction of sp³-hybridized carbons (Fsp3) is 0.692. The summed E-state index contributed by atoms with van der Waals surface area (Å²) in [6.45, 7) is 8.53. The molecule has 1 aromatic heterocycles. The number of thiazole rings is 1. The van der Waals surface area contributed by atoms with E-state index in [1.807, 2.05) is 13.8 Å². The minimum Gasteiger partial charge on any atom is -0.393 e. The van der Waals surface area contributed by atoms with Gasteiger partial charge in [0, 0.05) is 12.5 Å². The molecule has 0 aliphatic heterocycles. The SMILES string of the molecule is CC(C)c1ncc(C(=O)NCCC(O)C(C)C)s1.